The number of nitrogens with one attached hydrogen (secondary N) is 1. The van der Waals surface area contributed by atoms with Gasteiger partial charge in [-0.25, -0.2) is 15.4 Å². The normalized spacial score (nSPS) is 24.0. The van der Waals surface area contributed by atoms with Crippen LogP contribution in [0.4, 0.5) is 20.4 Å². The van der Waals surface area contributed by atoms with Gasteiger partial charge in [0.05, 0.1) is 11.6 Å². The summed E-state index contributed by atoms with van der Waals surface area (Å²) < 4.78 is 35.4. The minimum atomic E-state index is -3.63. The Morgan fingerprint density at radius 2 is 1.82 bits per heavy atom. The van der Waals surface area contributed by atoms with Crippen LogP contribution in [-0.2, 0) is 0 Å². The predicted octanol–water partition coefficient (Wildman–Crippen LogP) is 1.38. The van der Waals surface area contributed by atoms with Gasteiger partial charge in [0.1, 0.15) is 0 Å². The number of hydrogen-bond donors (Lipinski definition) is 2. The molecule has 1 aromatic carbocycles. The number of alkyl halides is 2. The van der Waals surface area contributed by atoms with Gasteiger partial charge in [-0.05, 0) is 18.6 Å². The van der Waals surface area contributed by atoms with Crippen LogP contribution in [0.2, 0.25) is 0 Å². The van der Waals surface area contributed by atoms with Crippen LogP contribution in [-0.4, -0.2) is 52.6 Å². The highest BCUT2D eigenvalue weighted by atomic mass is 19.3. The van der Waals surface area contributed by atoms with E-state index in [1.807, 2.05) is 0 Å². The fourth-order valence-electron chi connectivity index (χ4n) is 4.00. The highest BCUT2D eigenvalue weighted by Crippen LogP contribution is 2.44. The zero-order valence-corrected chi connectivity index (χ0v) is 14.4. The highest BCUT2D eigenvalue weighted by molar-refractivity contribution is 5.92. The van der Waals surface area contributed by atoms with Crippen LogP contribution in [0.3, 0.4) is 0 Å². The molecule has 2 fully saturated rings. The fraction of sp³-hybridized carbons (Fsp3) is 0.353. The molecule has 146 valence electrons. The van der Waals surface area contributed by atoms with E-state index in [0.29, 0.717) is 19.0 Å². The van der Waals surface area contributed by atoms with Gasteiger partial charge in [0.25, 0.3) is 5.91 Å². The number of fused-ring (bicyclic) bond motifs is 3. The smallest absolute Gasteiger partial charge is 0.395 e. The summed E-state index contributed by atoms with van der Waals surface area (Å²) in [5, 5.41) is 8.65. The number of ether oxygens (including phenoxy) is 2. The Morgan fingerprint density at radius 1 is 1.14 bits per heavy atom. The van der Waals surface area contributed by atoms with Crippen LogP contribution in [0, 0.1) is 0 Å². The van der Waals surface area contributed by atoms with E-state index in [9.17, 15) is 13.6 Å². The molecule has 3 aliphatic heterocycles. The molecule has 0 unspecified atom stereocenters. The van der Waals surface area contributed by atoms with Crippen molar-refractivity contribution in [2.75, 3.05) is 22.9 Å². The summed E-state index contributed by atoms with van der Waals surface area (Å²) in [5.74, 6) is -0.107. The number of carbonyl (C=O) groups excluding carboxylic acids is 1. The van der Waals surface area contributed by atoms with Gasteiger partial charge in [-0.2, -0.15) is 0 Å². The first-order valence-corrected chi connectivity index (χ1v) is 8.63. The summed E-state index contributed by atoms with van der Waals surface area (Å²) in [5.41, 5.74) is 2.49. The number of hydrogen-bond acceptors (Lipinski definition) is 8. The molecule has 11 heteroatoms. The summed E-state index contributed by atoms with van der Waals surface area (Å²) in [6.45, 7) is 1.35. The SMILES string of the molecule is O=C(NO)c1cnc(N2C[C@@H]3C[C@H]2CN3c2ccc3c(c2)OC(F)(F)O3)nc1. The fourth-order valence-corrected chi connectivity index (χ4v) is 4.00. The molecule has 0 spiro atoms. The van der Waals surface area contributed by atoms with Crippen molar-refractivity contribution in [3.05, 3.63) is 36.2 Å². The first kappa shape index (κ1) is 16.9. The molecule has 2 aromatic rings. The topological polar surface area (TPSA) is 100 Å². The summed E-state index contributed by atoms with van der Waals surface area (Å²) in [7, 11) is 0. The average Bonchev–Trinajstić information content (AvgIpc) is 3.37. The second-order valence-electron chi connectivity index (χ2n) is 6.86. The van der Waals surface area contributed by atoms with E-state index in [4.69, 9.17) is 5.21 Å². The van der Waals surface area contributed by atoms with Gasteiger partial charge in [-0.3, -0.25) is 10.0 Å². The first-order chi connectivity index (χ1) is 13.4. The van der Waals surface area contributed by atoms with Gasteiger partial charge in [0.2, 0.25) is 5.95 Å². The molecule has 28 heavy (non-hydrogen) atoms. The average molecular weight is 391 g/mol. The van der Waals surface area contributed by atoms with Gasteiger partial charge < -0.3 is 19.3 Å². The molecule has 9 nitrogen and oxygen atoms in total. The quantitative estimate of drug-likeness (QED) is 0.598. The molecule has 0 aliphatic carbocycles. The lowest BCUT2D eigenvalue weighted by molar-refractivity contribution is -0.286. The van der Waals surface area contributed by atoms with E-state index in [2.05, 4.69) is 29.2 Å². The van der Waals surface area contributed by atoms with Gasteiger partial charge in [0, 0.05) is 43.3 Å². The first-order valence-electron chi connectivity index (χ1n) is 8.63. The zero-order chi connectivity index (χ0) is 19.5. The Hall–Kier alpha value is -3.21. The van der Waals surface area contributed by atoms with Gasteiger partial charge in [0.15, 0.2) is 11.5 Å². The second-order valence-corrected chi connectivity index (χ2v) is 6.86. The van der Waals surface area contributed by atoms with E-state index in [1.165, 1.54) is 23.9 Å². The molecule has 2 atom stereocenters. The van der Waals surface area contributed by atoms with Gasteiger partial charge >= 0.3 is 6.29 Å². The van der Waals surface area contributed by atoms with Crippen molar-refractivity contribution < 1.29 is 28.3 Å². The summed E-state index contributed by atoms with van der Waals surface area (Å²) in [4.78, 5) is 24.0. The third kappa shape index (κ3) is 2.66. The van der Waals surface area contributed by atoms with Crippen LogP contribution in [0.1, 0.15) is 16.8 Å². The number of hydroxylamine groups is 1. The lowest BCUT2D eigenvalue weighted by atomic mass is 10.2. The number of aromatic nitrogens is 2. The van der Waals surface area contributed by atoms with Gasteiger partial charge in [-0.1, -0.05) is 0 Å². The number of carbonyl (C=O) groups is 1. The van der Waals surface area contributed by atoms with Gasteiger partial charge in [-0.15, -0.1) is 8.78 Å². The molecule has 3 aliphatic rings. The molecule has 1 aromatic heterocycles. The lowest BCUT2D eigenvalue weighted by Crippen LogP contribution is -2.47. The molecule has 2 bridgehead atoms. The third-order valence-corrected chi connectivity index (χ3v) is 5.22. The molecular formula is C17H15F2N5O4. The number of benzene rings is 1. The molecule has 4 heterocycles. The van der Waals surface area contributed by atoms with Crippen molar-refractivity contribution >= 4 is 17.5 Å². The van der Waals surface area contributed by atoms with E-state index >= 15 is 0 Å². The van der Waals surface area contributed by atoms with Crippen molar-refractivity contribution in [1.29, 1.82) is 0 Å². The molecule has 2 saturated heterocycles. The van der Waals surface area contributed by atoms with Crippen molar-refractivity contribution in [2.45, 2.75) is 24.8 Å². The van der Waals surface area contributed by atoms with Crippen LogP contribution >= 0.6 is 0 Å². The molecule has 0 radical (unpaired) electrons. The van der Waals surface area contributed by atoms with Crippen molar-refractivity contribution in [1.82, 2.24) is 15.4 Å². The summed E-state index contributed by atoms with van der Waals surface area (Å²) in [6.07, 6.45) is -0.0314. The maximum atomic E-state index is 13.2. The molecule has 0 saturated carbocycles. The van der Waals surface area contributed by atoms with E-state index in [1.54, 1.807) is 12.1 Å². The zero-order valence-electron chi connectivity index (χ0n) is 14.4. The van der Waals surface area contributed by atoms with Crippen LogP contribution in [0.25, 0.3) is 0 Å². The molecular weight excluding hydrogens is 376 g/mol. The molecule has 2 N–H and O–H groups in total. The minimum absolute atomic E-state index is 0.0279. The second kappa shape index (κ2) is 5.89. The van der Waals surface area contributed by atoms with Crippen molar-refractivity contribution in [3.63, 3.8) is 0 Å². The number of halogens is 2. The number of amides is 1. The Labute approximate surface area is 157 Å². The highest BCUT2D eigenvalue weighted by Gasteiger charge is 2.46. The Morgan fingerprint density at radius 3 is 2.50 bits per heavy atom. The monoisotopic (exact) mass is 391 g/mol. The number of piperazine rings is 1. The summed E-state index contributed by atoms with van der Waals surface area (Å²) >= 11 is 0. The largest absolute Gasteiger partial charge is 0.586 e. The maximum absolute atomic E-state index is 13.2. The molecule has 1 amide bonds. The van der Waals surface area contributed by atoms with Crippen LogP contribution in [0.15, 0.2) is 30.6 Å². The third-order valence-electron chi connectivity index (χ3n) is 5.22. The van der Waals surface area contributed by atoms with Crippen LogP contribution < -0.4 is 24.8 Å². The van der Waals surface area contributed by atoms with Crippen molar-refractivity contribution in [2.24, 2.45) is 0 Å². The number of nitrogens with zero attached hydrogens (tertiary/aromatic N) is 4. The van der Waals surface area contributed by atoms with E-state index in [-0.39, 0.29) is 29.1 Å². The Bertz CT molecular complexity index is 942. The van der Waals surface area contributed by atoms with Crippen molar-refractivity contribution in [3.8, 4) is 11.5 Å². The predicted molar refractivity (Wildman–Crippen MR) is 90.8 cm³/mol. The minimum Gasteiger partial charge on any atom is -0.395 e. The summed E-state index contributed by atoms with van der Waals surface area (Å²) in [6, 6.07) is 5.14. The van der Waals surface area contributed by atoms with E-state index < -0.39 is 12.2 Å². The number of anilines is 2. The Balaban J connectivity index is 1.31. The Kier molecular flexibility index (Phi) is 3.56. The maximum Gasteiger partial charge on any atom is 0.586 e. The lowest BCUT2D eigenvalue weighted by Gasteiger charge is -2.35. The standard InChI is InChI=1S/C17H15F2N5O4/c18-17(19)27-13-2-1-10(4-14(13)28-17)23-7-12-3-11(23)8-24(12)16-20-5-9(6-21-16)15(25)22-26/h1-2,4-6,11-12,26H,3,7-8H2,(H,22,25)/t11-,12-/m0/s1. The molecule has 5 rings (SSSR count). The number of rotatable bonds is 3. The van der Waals surface area contributed by atoms with Crippen LogP contribution in [0.5, 0.6) is 11.5 Å². The van der Waals surface area contributed by atoms with E-state index in [0.717, 1.165) is 12.1 Å².